The number of anilines is 2. The predicted molar refractivity (Wildman–Crippen MR) is 128 cm³/mol. The molecule has 0 bridgehead atoms. The van der Waals surface area contributed by atoms with Gasteiger partial charge in [0.1, 0.15) is 5.52 Å². The molecule has 31 heavy (non-hydrogen) atoms. The lowest BCUT2D eigenvalue weighted by atomic mass is 9.98. The number of aromatic nitrogens is 3. The zero-order chi connectivity index (χ0) is 20.9. The van der Waals surface area contributed by atoms with E-state index in [1.165, 1.54) is 26.1 Å². The summed E-state index contributed by atoms with van der Waals surface area (Å²) in [7, 11) is 0. The molecule has 2 aromatic carbocycles. The van der Waals surface area contributed by atoms with E-state index < -0.39 is 0 Å². The average Bonchev–Trinajstić information content (AvgIpc) is 3.50. The third-order valence-corrected chi connectivity index (χ3v) is 6.87. The predicted octanol–water partition coefficient (Wildman–Crippen LogP) is 3.95. The van der Waals surface area contributed by atoms with E-state index in [1.54, 1.807) is 17.5 Å². The van der Waals surface area contributed by atoms with Crippen molar-refractivity contribution >= 4 is 44.1 Å². The van der Waals surface area contributed by atoms with Gasteiger partial charge in [0.15, 0.2) is 0 Å². The molecule has 0 fully saturated rings. The second-order valence-electron chi connectivity index (χ2n) is 7.67. The third-order valence-electron chi connectivity index (χ3n) is 5.72. The summed E-state index contributed by atoms with van der Waals surface area (Å²) in [5.74, 6) is 0.272. The van der Waals surface area contributed by atoms with Crippen molar-refractivity contribution in [1.82, 2.24) is 20.0 Å². The highest BCUT2D eigenvalue weighted by atomic mass is 32.1. The maximum atomic E-state index is 5.93. The molecule has 0 aliphatic carbocycles. The zero-order valence-corrected chi connectivity index (χ0v) is 17.5. The maximum absolute atomic E-state index is 5.93. The molecule has 0 unspecified atom stereocenters. The Morgan fingerprint density at radius 2 is 2.03 bits per heavy atom. The van der Waals surface area contributed by atoms with Gasteiger partial charge in [-0.3, -0.25) is 0 Å². The lowest BCUT2D eigenvalue weighted by molar-refractivity contribution is 0.734. The number of hydrogen-bond acceptors (Lipinski definition) is 7. The first-order valence-corrected chi connectivity index (χ1v) is 11.0. The fourth-order valence-corrected chi connectivity index (χ4v) is 5.39. The molecular weight excluding hydrogens is 406 g/mol. The van der Waals surface area contributed by atoms with E-state index in [4.69, 9.17) is 11.5 Å². The molecule has 1 aliphatic rings. The minimum absolute atomic E-state index is 0.272. The number of nitrogen functional groups attached to an aromatic ring is 1. The summed E-state index contributed by atoms with van der Waals surface area (Å²) in [4.78, 5) is 9.98. The molecule has 0 atom stereocenters. The minimum Gasteiger partial charge on any atom is -0.368 e. The van der Waals surface area contributed by atoms with Gasteiger partial charge in [-0.1, -0.05) is 18.2 Å². The molecule has 6 rings (SSSR count). The maximum Gasteiger partial charge on any atom is 0.220 e. The van der Waals surface area contributed by atoms with Crippen LogP contribution in [-0.4, -0.2) is 21.1 Å². The summed E-state index contributed by atoms with van der Waals surface area (Å²) in [5, 5.41) is 1.26. The van der Waals surface area contributed by atoms with Crippen molar-refractivity contribution in [3.63, 3.8) is 0 Å². The van der Waals surface area contributed by atoms with Gasteiger partial charge in [0.2, 0.25) is 5.95 Å². The lowest BCUT2D eigenvalue weighted by Crippen LogP contribution is -2.11. The third kappa shape index (κ3) is 2.96. The largest absolute Gasteiger partial charge is 0.368 e. The van der Waals surface area contributed by atoms with Gasteiger partial charge in [-0.2, -0.15) is 0 Å². The van der Waals surface area contributed by atoms with Gasteiger partial charge >= 0.3 is 0 Å². The number of rotatable bonds is 4. The highest BCUT2D eigenvalue weighted by Crippen LogP contribution is 2.43. The first-order chi connectivity index (χ1) is 15.2. The van der Waals surface area contributed by atoms with Gasteiger partial charge in [0.05, 0.1) is 17.4 Å². The van der Waals surface area contributed by atoms with Crippen LogP contribution in [0.25, 0.3) is 42.7 Å². The molecule has 3 aromatic heterocycles. The Bertz CT molecular complexity index is 1420. The molecule has 0 saturated heterocycles. The van der Waals surface area contributed by atoms with E-state index in [0.717, 1.165) is 34.4 Å². The standard InChI is InChI=1S/C23H21N7S/c24-5-6-30-12-17(22-18(30)11-26-23(25)28-22)14-7-15-10-27-29-21(15)16(8-14)20-9-13-3-1-2-4-19(13)31-20/h1-4,7-9,11-12,27,29H,5-6,10,24H2,(H2,25,26,28). The number of nitrogens with two attached hydrogens (primary N) is 2. The normalized spacial score (nSPS) is 13.1. The molecule has 4 heterocycles. The van der Waals surface area contributed by atoms with E-state index in [9.17, 15) is 0 Å². The van der Waals surface area contributed by atoms with Crippen LogP contribution < -0.4 is 22.3 Å². The second-order valence-corrected chi connectivity index (χ2v) is 8.76. The smallest absolute Gasteiger partial charge is 0.220 e. The van der Waals surface area contributed by atoms with E-state index in [1.807, 2.05) is 0 Å². The van der Waals surface area contributed by atoms with Crippen molar-refractivity contribution < 1.29 is 0 Å². The first kappa shape index (κ1) is 18.3. The number of thiophene rings is 1. The van der Waals surface area contributed by atoms with Crippen molar-refractivity contribution in [2.45, 2.75) is 13.1 Å². The number of benzene rings is 2. The molecule has 0 radical (unpaired) electrons. The van der Waals surface area contributed by atoms with Crippen LogP contribution in [0.15, 0.2) is 54.9 Å². The van der Waals surface area contributed by atoms with Crippen molar-refractivity contribution in [3.05, 3.63) is 60.4 Å². The molecule has 7 nitrogen and oxygen atoms in total. The Kier molecular flexibility index (Phi) is 4.17. The van der Waals surface area contributed by atoms with Crippen LogP contribution in [0.4, 0.5) is 11.6 Å². The SMILES string of the molecule is NCCn1cc(-c2cc3c(c(-c4cc5ccccc5s4)c2)NNC3)c2nc(N)ncc21. The summed E-state index contributed by atoms with van der Waals surface area (Å²) in [6, 6.07) is 15.2. The fraction of sp³-hybridized carbons (Fsp3) is 0.130. The van der Waals surface area contributed by atoms with E-state index in [0.29, 0.717) is 13.1 Å². The number of hydrazine groups is 1. The van der Waals surface area contributed by atoms with E-state index in [-0.39, 0.29) is 5.95 Å². The quantitative estimate of drug-likeness (QED) is 0.346. The molecule has 5 aromatic rings. The number of fused-ring (bicyclic) bond motifs is 3. The second kappa shape index (κ2) is 7.05. The van der Waals surface area contributed by atoms with Crippen molar-refractivity contribution in [2.75, 3.05) is 17.7 Å². The fourth-order valence-electron chi connectivity index (χ4n) is 4.30. The Morgan fingerprint density at radius 3 is 2.90 bits per heavy atom. The van der Waals surface area contributed by atoms with Crippen molar-refractivity contribution in [3.8, 4) is 21.6 Å². The molecular formula is C23H21N7S. The molecule has 0 saturated carbocycles. The molecule has 0 spiro atoms. The summed E-state index contributed by atoms with van der Waals surface area (Å²) >= 11 is 1.80. The highest BCUT2D eigenvalue weighted by Gasteiger charge is 2.21. The summed E-state index contributed by atoms with van der Waals surface area (Å²) < 4.78 is 3.38. The van der Waals surface area contributed by atoms with Gasteiger partial charge in [0, 0.05) is 46.5 Å². The lowest BCUT2D eigenvalue weighted by Gasteiger charge is -2.10. The van der Waals surface area contributed by atoms with Gasteiger partial charge in [-0.05, 0) is 40.8 Å². The van der Waals surface area contributed by atoms with Crippen molar-refractivity contribution in [1.29, 1.82) is 0 Å². The molecule has 1 aliphatic heterocycles. The Balaban J connectivity index is 1.59. The van der Waals surface area contributed by atoms with Crippen LogP contribution in [0.5, 0.6) is 0 Å². The van der Waals surface area contributed by atoms with E-state index >= 15 is 0 Å². The Hall–Kier alpha value is -3.46. The molecule has 0 amide bonds. The first-order valence-electron chi connectivity index (χ1n) is 10.2. The Morgan fingerprint density at radius 1 is 1.13 bits per heavy atom. The van der Waals surface area contributed by atoms with Crippen molar-refractivity contribution in [2.24, 2.45) is 5.73 Å². The number of nitrogens with one attached hydrogen (secondary N) is 2. The van der Waals surface area contributed by atoms with Gasteiger partial charge in [-0.15, -0.1) is 11.3 Å². The summed E-state index contributed by atoms with van der Waals surface area (Å²) in [6.45, 7) is 2.00. The summed E-state index contributed by atoms with van der Waals surface area (Å²) in [5.41, 5.74) is 25.9. The summed E-state index contributed by atoms with van der Waals surface area (Å²) in [6.07, 6.45) is 3.89. The molecule has 8 heteroatoms. The topological polar surface area (TPSA) is 107 Å². The minimum atomic E-state index is 0.272. The van der Waals surface area contributed by atoms with Crippen LogP contribution >= 0.6 is 11.3 Å². The van der Waals surface area contributed by atoms with Crippen LogP contribution in [-0.2, 0) is 13.1 Å². The van der Waals surface area contributed by atoms with E-state index in [2.05, 4.69) is 74.0 Å². The molecule has 6 N–H and O–H groups in total. The van der Waals surface area contributed by atoms with Gasteiger partial charge in [-0.25, -0.2) is 15.4 Å². The number of hydrogen-bond donors (Lipinski definition) is 4. The zero-order valence-electron chi connectivity index (χ0n) is 16.7. The van der Waals surface area contributed by atoms with Crippen LogP contribution in [0.2, 0.25) is 0 Å². The van der Waals surface area contributed by atoms with Crippen LogP contribution in [0.3, 0.4) is 0 Å². The van der Waals surface area contributed by atoms with Gasteiger partial charge in [0.25, 0.3) is 0 Å². The number of nitrogens with zero attached hydrogens (tertiary/aromatic N) is 3. The van der Waals surface area contributed by atoms with Crippen LogP contribution in [0, 0.1) is 0 Å². The average molecular weight is 428 g/mol. The highest BCUT2D eigenvalue weighted by molar-refractivity contribution is 7.22. The van der Waals surface area contributed by atoms with Gasteiger partial charge < -0.3 is 21.5 Å². The molecule has 154 valence electrons. The monoisotopic (exact) mass is 427 g/mol. The van der Waals surface area contributed by atoms with Crippen LogP contribution in [0.1, 0.15) is 5.56 Å². The Labute approximate surface area is 182 Å².